The van der Waals surface area contributed by atoms with E-state index in [9.17, 15) is 9.18 Å². The molecule has 3 rings (SSSR count). The summed E-state index contributed by atoms with van der Waals surface area (Å²) in [6.07, 6.45) is 5.65. The minimum Gasteiger partial charge on any atom is -0.380 e. The van der Waals surface area contributed by atoms with Gasteiger partial charge in [-0.2, -0.15) is 18.6 Å². The Bertz CT molecular complexity index is 816. The monoisotopic (exact) mass is 734 g/mol. The number of aromatic nitrogens is 3. The summed E-state index contributed by atoms with van der Waals surface area (Å²) in [6.45, 7) is 5.72. The molecule has 0 spiro atoms. The van der Waals surface area contributed by atoms with E-state index in [1.54, 1.807) is 24.3 Å². The van der Waals surface area contributed by atoms with Gasteiger partial charge in [-0.3, -0.25) is 9.18 Å². The van der Waals surface area contributed by atoms with Crippen molar-refractivity contribution in [1.82, 2.24) is 15.0 Å². The van der Waals surface area contributed by atoms with Crippen LogP contribution < -0.4 is 37.7 Å². The van der Waals surface area contributed by atoms with Crippen LogP contribution in [-0.4, -0.2) is 28.4 Å². The fourth-order valence-corrected chi connectivity index (χ4v) is 2.72. The summed E-state index contributed by atoms with van der Waals surface area (Å²) < 4.78 is 18.7. The zero-order valence-electron chi connectivity index (χ0n) is 19.6. The first-order chi connectivity index (χ1) is 14.8. The van der Waals surface area contributed by atoms with Crippen LogP contribution in [-0.2, 0) is 0 Å². The number of hydrogen-bond acceptors (Lipinski definition) is 4. The van der Waals surface area contributed by atoms with Crippen LogP contribution in [0.4, 0.5) is 4.39 Å². The van der Waals surface area contributed by atoms with E-state index in [-0.39, 0.29) is 57.6 Å². The molecule has 0 saturated carbocycles. The van der Waals surface area contributed by atoms with Gasteiger partial charge >= 0.3 is 37.7 Å². The van der Waals surface area contributed by atoms with Gasteiger partial charge in [-0.05, 0) is 76.7 Å². The van der Waals surface area contributed by atoms with Crippen LogP contribution in [0.2, 0.25) is 0 Å². The number of halogens is 6. The van der Waals surface area contributed by atoms with Crippen molar-refractivity contribution in [2.24, 2.45) is 0 Å². The molecular formula is C22H27Br4ClFLi2N3O. The molecule has 34 heavy (non-hydrogen) atoms. The molecule has 0 radical (unpaired) electrons. The number of carbonyl (C=O) groups excluding carboxylic acids is 1. The van der Waals surface area contributed by atoms with Gasteiger partial charge in [0.15, 0.2) is 6.29 Å². The number of pyridine rings is 3. The van der Waals surface area contributed by atoms with E-state index < -0.39 is 7.15 Å². The quantitative estimate of drug-likeness (QED) is 0.176. The van der Waals surface area contributed by atoms with Crippen molar-refractivity contribution < 1.29 is 48.3 Å². The number of aldehydes is 1. The molecule has 0 aromatic carbocycles. The summed E-state index contributed by atoms with van der Waals surface area (Å²) >= 11 is 12.7. The van der Waals surface area contributed by atoms with Crippen molar-refractivity contribution in [3.05, 3.63) is 91.8 Å². The summed E-state index contributed by atoms with van der Waals surface area (Å²) in [5.74, 6) is 0. The van der Waals surface area contributed by atoms with E-state index in [4.69, 9.17) is 1.37 Å². The molecule has 0 bridgehead atoms. The second kappa shape index (κ2) is 35.6. The summed E-state index contributed by atoms with van der Waals surface area (Å²) in [4.78, 5) is 21.7. The number of alkyl halides is 1. The van der Waals surface area contributed by atoms with Crippen LogP contribution in [0, 0.1) is 13.1 Å². The van der Waals surface area contributed by atoms with Gasteiger partial charge in [0.25, 0.3) is 0 Å². The number of unbranched alkanes of at least 4 members (excludes halogenated alkanes) is 1. The zero-order chi connectivity index (χ0) is 23.9. The molecule has 0 fully saturated rings. The topological polar surface area (TPSA) is 55.7 Å². The number of carbonyl (C=O) groups is 1. The van der Waals surface area contributed by atoms with Crippen molar-refractivity contribution in [3.63, 3.8) is 0 Å². The largest absolute Gasteiger partial charge is 1.00 e. The van der Waals surface area contributed by atoms with Crippen molar-refractivity contribution in [2.75, 3.05) is 7.15 Å². The molecule has 12 heteroatoms. The first-order valence-electron chi connectivity index (χ1n) is 9.04. The second-order valence-corrected chi connectivity index (χ2v) is 7.98. The van der Waals surface area contributed by atoms with Crippen LogP contribution in [0.5, 0.6) is 0 Å². The average Bonchev–Trinajstić information content (AvgIpc) is 2.76. The molecule has 0 aliphatic rings. The summed E-state index contributed by atoms with van der Waals surface area (Å²) in [5.41, 5.74) is 0.448. The SMILES string of the molecule is Brc1ccc[c-]n1.Brc1cccc(Br)n1.C.Cl.O=Cc1cccc(Br)n1.[2H]CF.[CH2-]CCC.[Li+].[Li+]. The molecule has 3 heterocycles. The van der Waals surface area contributed by atoms with Gasteiger partial charge in [-0.1, -0.05) is 39.1 Å². The van der Waals surface area contributed by atoms with E-state index in [1.807, 2.05) is 30.3 Å². The molecule has 0 aliphatic heterocycles. The normalized spacial score (nSPS) is 7.79. The van der Waals surface area contributed by atoms with E-state index in [2.05, 4.69) is 98.7 Å². The van der Waals surface area contributed by atoms with Crippen LogP contribution in [0.3, 0.4) is 0 Å². The molecular weight excluding hydrogens is 710 g/mol. The van der Waals surface area contributed by atoms with E-state index in [0.717, 1.165) is 20.2 Å². The van der Waals surface area contributed by atoms with Gasteiger partial charge in [-0.15, -0.1) is 34.4 Å². The Labute approximate surface area is 269 Å². The average molecular weight is 738 g/mol. The Kier molecular flexibility index (Phi) is 46.6. The molecule has 0 unspecified atom stereocenters. The zero-order valence-corrected chi connectivity index (χ0v) is 25.8. The van der Waals surface area contributed by atoms with Crippen LogP contribution in [0.15, 0.2) is 73.0 Å². The smallest absolute Gasteiger partial charge is 0.380 e. The van der Waals surface area contributed by atoms with Crippen molar-refractivity contribution >= 4 is 82.4 Å². The van der Waals surface area contributed by atoms with Crippen molar-refractivity contribution in [1.29, 1.82) is 0 Å². The maximum Gasteiger partial charge on any atom is 1.00 e. The van der Waals surface area contributed by atoms with Gasteiger partial charge in [-0.25, -0.2) is 9.97 Å². The van der Waals surface area contributed by atoms with Gasteiger partial charge in [0, 0.05) is 0 Å². The standard InChI is InChI=1S/C6H4BrNO.C5H3Br2N.C5H3BrN.C4H9.CH3F.CH4.ClH.2Li/c7-6-3-1-2-5(4-9)8-6;6-4-2-1-3-5(7)8-4;6-5-3-1-2-4-7-5;1-3-4-2;1-2;;;;/h1-4H;1-3H;1-3H;1,3-4H2,2H3;1H3;1H4;1H;;/q;;2*-1;;;;2*+1/i;;;;1D;;;;. The molecule has 3 aromatic heterocycles. The fraction of sp³-hybridized carbons (Fsp3) is 0.227. The third-order valence-electron chi connectivity index (χ3n) is 2.47. The third-order valence-corrected chi connectivity index (χ3v) is 4.23. The summed E-state index contributed by atoms with van der Waals surface area (Å²) in [6, 6.07) is 16.3. The molecule has 0 aliphatic carbocycles. The van der Waals surface area contributed by atoms with E-state index >= 15 is 0 Å². The first-order valence-corrected chi connectivity index (χ1v) is 11.5. The van der Waals surface area contributed by atoms with Gasteiger partial charge in [0.2, 0.25) is 0 Å². The molecule has 0 atom stereocenters. The minimum absolute atomic E-state index is 0. The molecule has 0 N–H and O–H groups in total. The Balaban J connectivity index is -0.0000000763. The van der Waals surface area contributed by atoms with Crippen molar-refractivity contribution in [2.45, 2.75) is 27.2 Å². The predicted molar refractivity (Wildman–Crippen MR) is 149 cm³/mol. The molecule has 0 amide bonds. The van der Waals surface area contributed by atoms with Gasteiger partial charge < -0.3 is 11.9 Å². The Morgan fingerprint density at radius 1 is 0.971 bits per heavy atom. The Morgan fingerprint density at radius 2 is 1.38 bits per heavy atom. The van der Waals surface area contributed by atoms with Gasteiger partial charge in [0.05, 0.1) is 8.52 Å². The maximum atomic E-state index is 10.1. The molecule has 4 nitrogen and oxygen atoms in total. The minimum atomic E-state index is -1.00. The number of hydrogen-bond donors (Lipinski definition) is 0. The van der Waals surface area contributed by atoms with Gasteiger partial charge in [0.1, 0.15) is 19.5 Å². The Hall–Kier alpha value is 0.455. The molecule has 3 aromatic rings. The van der Waals surface area contributed by atoms with Crippen LogP contribution in [0.25, 0.3) is 0 Å². The number of nitrogens with zero attached hydrogens (tertiary/aromatic N) is 3. The van der Waals surface area contributed by atoms with E-state index in [0.29, 0.717) is 16.6 Å². The Morgan fingerprint density at radius 3 is 1.59 bits per heavy atom. The van der Waals surface area contributed by atoms with E-state index in [1.165, 1.54) is 6.42 Å². The van der Waals surface area contributed by atoms with Crippen LogP contribution in [0.1, 0.15) is 39.1 Å². The molecule has 180 valence electrons. The van der Waals surface area contributed by atoms with Crippen molar-refractivity contribution in [3.8, 4) is 0 Å². The summed E-state index contributed by atoms with van der Waals surface area (Å²) in [7, 11) is -1.00. The predicted octanol–water partition coefficient (Wildman–Crippen LogP) is 3.18. The number of rotatable bonds is 2. The molecule has 0 saturated heterocycles. The maximum absolute atomic E-state index is 10.1. The fourth-order valence-electron chi connectivity index (χ4n) is 1.18. The summed E-state index contributed by atoms with van der Waals surface area (Å²) in [5, 5.41) is 0. The van der Waals surface area contributed by atoms with Crippen LogP contribution >= 0.6 is 76.1 Å². The third kappa shape index (κ3) is 32.5. The first kappa shape index (κ1) is 44.4. The second-order valence-electron chi connectivity index (χ2n) is 4.73.